The van der Waals surface area contributed by atoms with Crippen LogP contribution in [0.15, 0.2) is 23.3 Å². The quantitative estimate of drug-likeness (QED) is 0.283. The Kier molecular flexibility index (Phi) is 8.93. The minimum atomic E-state index is 1.20. The first kappa shape index (κ1) is 13.2. The number of hydrogen-bond donors (Lipinski definition) is 0. The van der Waals surface area contributed by atoms with Crippen LogP contribution >= 0.6 is 22.6 Å². The first-order valence-electron chi connectivity index (χ1n) is 5.01. The van der Waals surface area contributed by atoms with Gasteiger partial charge < -0.3 is 0 Å². The van der Waals surface area contributed by atoms with Gasteiger partial charge in [0.15, 0.2) is 0 Å². The normalized spacial score (nSPS) is 11.5. The van der Waals surface area contributed by atoms with Crippen molar-refractivity contribution in [3.05, 3.63) is 23.3 Å². The number of alkyl halides is 1. The average molecular weight is 292 g/mol. The molecule has 0 aliphatic heterocycles. The summed E-state index contributed by atoms with van der Waals surface area (Å²) in [5, 5.41) is 0. The lowest BCUT2D eigenvalue weighted by atomic mass is 10.1. The van der Waals surface area contributed by atoms with Crippen LogP contribution in [-0.4, -0.2) is 4.43 Å². The van der Waals surface area contributed by atoms with E-state index in [1.54, 1.807) is 5.57 Å². The molecule has 0 bridgehead atoms. The van der Waals surface area contributed by atoms with E-state index in [1.165, 1.54) is 35.7 Å². The molecule has 1 heteroatoms. The predicted octanol–water partition coefficient (Wildman–Crippen LogP) is 4.89. The predicted molar refractivity (Wildman–Crippen MR) is 70.5 cm³/mol. The van der Waals surface area contributed by atoms with Gasteiger partial charge in [-0.05, 0) is 50.9 Å². The van der Waals surface area contributed by atoms with Gasteiger partial charge in [0.25, 0.3) is 0 Å². The van der Waals surface area contributed by atoms with Gasteiger partial charge in [-0.25, -0.2) is 0 Å². The maximum atomic E-state index is 2.43. The van der Waals surface area contributed by atoms with Crippen LogP contribution in [-0.2, 0) is 0 Å². The Hall–Kier alpha value is 0.210. The Morgan fingerprint density at radius 2 is 1.77 bits per heavy atom. The average Bonchev–Trinajstić information content (AvgIpc) is 2.04. The number of halogens is 1. The lowest BCUT2D eigenvalue weighted by Crippen LogP contribution is -1.79. The van der Waals surface area contributed by atoms with Crippen LogP contribution in [0, 0.1) is 0 Å². The largest absolute Gasteiger partial charge is 0.0864 e. The van der Waals surface area contributed by atoms with E-state index in [-0.39, 0.29) is 0 Å². The van der Waals surface area contributed by atoms with E-state index >= 15 is 0 Å². The van der Waals surface area contributed by atoms with Crippen LogP contribution in [0.4, 0.5) is 0 Å². The van der Waals surface area contributed by atoms with Crippen molar-refractivity contribution in [2.24, 2.45) is 0 Å². The molecular formula is C12H21I. The van der Waals surface area contributed by atoms with Crippen LogP contribution in [0.3, 0.4) is 0 Å². The third-order valence-electron chi connectivity index (χ3n) is 1.92. The van der Waals surface area contributed by atoms with Gasteiger partial charge in [0.2, 0.25) is 0 Å². The summed E-state index contributed by atoms with van der Waals surface area (Å²) in [5.41, 5.74) is 2.97. The topological polar surface area (TPSA) is 0 Å². The molecule has 0 aliphatic carbocycles. The fourth-order valence-corrected chi connectivity index (χ4v) is 1.56. The van der Waals surface area contributed by atoms with Gasteiger partial charge in [0, 0.05) is 0 Å². The minimum Gasteiger partial charge on any atom is -0.0864 e. The second-order valence-corrected chi connectivity index (χ2v) is 4.78. The molecule has 0 rings (SSSR count). The van der Waals surface area contributed by atoms with Gasteiger partial charge in [-0.15, -0.1) is 0 Å². The van der Waals surface area contributed by atoms with E-state index in [9.17, 15) is 0 Å². The van der Waals surface area contributed by atoms with Crippen LogP contribution in [0.2, 0.25) is 0 Å². The monoisotopic (exact) mass is 292 g/mol. The molecule has 0 unspecified atom stereocenters. The summed E-state index contributed by atoms with van der Waals surface area (Å²) < 4.78 is 1.27. The molecule has 0 aromatic carbocycles. The summed E-state index contributed by atoms with van der Waals surface area (Å²) in [5.74, 6) is 0. The molecule has 0 aromatic heterocycles. The molecule has 76 valence electrons. The molecule has 0 radical (unpaired) electrons. The van der Waals surface area contributed by atoms with Gasteiger partial charge in [-0.1, -0.05) is 45.9 Å². The Morgan fingerprint density at radius 3 is 2.31 bits per heavy atom. The van der Waals surface area contributed by atoms with E-state index in [2.05, 4.69) is 55.5 Å². The van der Waals surface area contributed by atoms with Crippen LogP contribution in [0.25, 0.3) is 0 Å². The molecule has 0 N–H and O–H groups in total. The number of rotatable bonds is 6. The molecule has 0 saturated carbocycles. The number of allylic oxidation sites excluding steroid dienone is 4. The molecule has 0 amide bonds. The second-order valence-electron chi connectivity index (χ2n) is 3.70. The van der Waals surface area contributed by atoms with E-state index in [0.717, 1.165) is 0 Å². The third-order valence-corrected chi connectivity index (χ3v) is 2.68. The molecule has 0 spiro atoms. The highest BCUT2D eigenvalue weighted by atomic mass is 127. The highest BCUT2D eigenvalue weighted by molar-refractivity contribution is 14.1. The number of unbranched alkanes of at least 4 members (excludes halogenated alkanes) is 1. The summed E-state index contributed by atoms with van der Waals surface area (Å²) in [7, 11) is 0. The highest BCUT2D eigenvalue weighted by Gasteiger charge is 1.88. The van der Waals surface area contributed by atoms with Gasteiger partial charge in [-0.2, -0.15) is 0 Å². The lowest BCUT2D eigenvalue weighted by Gasteiger charge is -1.98. The summed E-state index contributed by atoms with van der Waals surface area (Å²) in [6.07, 6.45) is 9.71. The zero-order valence-electron chi connectivity index (χ0n) is 9.07. The first-order valence-corrected chi connectivity index (χ1v) is 6.54. The SMILES string of the molecule is CC(C)=CCCC(C)=CCCCI. The van der Waals surface area contributed by atoms with Crippen molar-refractivity contribution in [3.8, 4) is 0 Å². The van der Waals surface area contributed by atoms with Gasteiger partial charge >= 0.3 is 0 Å². The molecule has 0 saturated heterocycles. The van der Waals surface area contributed by atoms with E-state index in [1.807, 2.05) is 0 Å². The standard InChI is InChI=1S/C12H21I/c1-11(2)7-6-9-12(3)8-4-5-10-13/h7-8H,4-6,9-10H2,1-3H3. The van der Waals surface area contributed by atoms with Crippen molar-refractivity contribution in [2.45, 2.75) is 46.5 Å². The molecule has 0 nitrogen and oxygen atoms in total. The molecule has 0 aliphatic rings. The van der Waals surface area contributed by atoms with Gasteiger partial charge in [0.1, 0.15) is 0 Å². The maximum Gasteiger partial charge on any atom is -0.000178 e. The molecule has 0 atom stereocenters. The van der Waals surface area contributed by atoms with Gasteiger partial charge in [0.05, 0.1) is 0 Å². The Labute approximate surface area is 96.6 Å². The van der Waals surface area contributed by atoms with Crippen LogP contribution in [0.1, 0.15) is 46.5 Å². The summed E-state index contributed by atoms with van der Waals surface area (Å²) in [6.45, 7) is 6.57. The summed E-state index contributed by atoms with van der Waals surface area (Å²) in [6, 6.07) is 0. The van der Waals surface area contributed by atoms with E-state index in [0.29, 0.717) is 0 Å². The van der Waals surface area contributed by atoms with Crippen molar-refractivity contribution in [1.82, 2.24) is 0 Å². The Bertz CT molecular complexity index is 174. The molecule has 13 heavy (non-hydrogen) atoms. The zero-order valence-corrected chi connectivity index (χ0v) is 11.2. The third kappa shape index (κ3) is 10.1. The maximum absolute atomic E-state index is 2.43. The summed E-state index contributed by atoms with van der Waals surface area (Å²) >= 11 is 2.43. The van der Waals surface area contributed by atoms with Crippen molar-refractivity contribution in [3.63, 3.8) is 0 Å². The van der Waals surface area contributed by atoms with Crippen molar-refractivity contribution in [2.75, 3.05) is 4.43 Å². The van der Waals surface area contributed by atoms with Crippen LogP contribution in [0.5, 0.6) is 0 Å². The van der Waals surface area contributed by atoms with Crippen LogP contribution < -0.4 is 0 Å². The number of hydrogen-bond acceptors (Lipinski definition) is 0. The Balaban J connectivity index is 3.55. The van der Waals surface area contributed by atoms with Gasteiger partial charge in [-0.3, -0.25) is 0 Å². The van der Waals surface area contributed by atoms with Crippen molar-refractivity contribution in [1.29, 1.82) is 0 Å². The van der Waals surface area contributed by atoms with E-state index < -0.39 is 0 Å². The van der Waals surface area contributed by atoms with Crippen molar-refractivity contribution < 1.29 is 0 Å². The fraction of sp³-hybridized carbons (Fsp3) is 0.667. The molecular weight excluding hydrogens is 271 g/mol. The lowest BCUT2D eigenvalue weighted by molar-refractivity contribution is 0.920. The molecule has 0 aromatic rings. The van der Waals surface area contributed by atoms with E-state index in [4.69, 9.17) is 0 Å². The molecule has 0 fully saturated rings. The zero-order chi connectivity index (χ0) is 10.1. The first-order chi connectivity index (χ1) is 6.16. The Morgan fingerprint density at radius 1 is 1.08 bits per heavy atom. The highest BCUT2D eigenvalue weighted by Crippen LogP contribution is 2.08. The second kappa shape index (κ2) is 8.79. The fourth-order valence-electron chi connectivity index (χ4n) is 1.12. The minimum absolute atomic E-state index is 1.20. The smallest absolute Gasteiger partial charge is 0.000178 e. The molecule has 0 heterocycles. The van der Waals surface area contributed by atoms with Crippen molar-refractivity contribution >= 4 is 22.6 Å². The summed E-state index contributed by atoms with van der Waals surface area (Å²) in [4.78, 5) is 0.